The highest BCUT2D eigenvalue weighted by Crippen LogP contribution is 2.31. The second-order valence-electron chi connectivity index (χ2n) is 5.31. The first-order valence-corrected chi connectivity index (χ1v) is 7.38. The van der Waals surface area contributed by atoms with Crippen LogP contribution in [0.2, 0.25) is 0 Å². The van der Waals surface area contributed by atoms with E-state index in [4.69, 9.17) is 4.98 Å². The Morgan fingerprint density at radius 1 is 1.05 bits per heavy atom. The zero-order chi connectivity index (χ0) is 14.3. The summed E-state index contributed by atoms with van der Waals surface area (Å²) in [5.74, 6) is 0. The van der Waals surface area contributed by atoms with Gasteiger partial charge in [-0.05, 0) is 24.3 Å². The summed E-state index contributed by atoms with van der Waals surface area (Å²) in [6.07, 6.45) is 0. The number of rotatable bonds is 1. The minimum atomic E-state index is 0. The molecule has 3 nitrogen and oxygen atoms in total. The number of aromatic nitrogens is 1. The Kier molecular flexibility index (Phi) is 4.49. The van der Waals surface area contributed by atoms with Crippen LogP contribution in [0.5, 0.6) is 0 Å². The van der Waals surface area contributed by atoms with Crippen molar-refractivity contribution in [1.82, 2.24) is 9.56 Å². The normalized spacial score (nSPS) is 10.5. The van der Waals surface area contributed by atoms with Gasteiger partial charge in [0.05, 0.1) is 20.8 Å². The maximum absolute atomic E-state index is 4.75. The van der Waals surface area contributed by atoms with Crippen LogP contribution in [0.1, 0.15) is 0 Å². The van der Waals surface area contributed by atoms with Crippen molar-refractivity contribution in [1.29, 1.82) is 0 Å². The molecule has 110 valence electrons. The fraction of sp³-hybridized carbons (Fsp3) is 0.250. The Morgan fingerprint density at radius 2 is 1.81 bits per heavy atom. The van der Waals surface area contributed by atoms with Crippen molar-refractivity contribution in [3.8, 4) is 10.6 Å². The number of hydrogen-bond acceptors (Lipinski definition) is 3. The van der Waals surface area contributed by atoms with Crippen molar-refractivity contribution in [2.24, 2.45) is 0 Å². The summed E-state index contributed by atoms with van der Waals surface area (Å²) in [5, 5.41) is 1.21. The van der Waals surface area contributed by atoms with Gasteiger partial charge in [0.2, 0.25) is 5.36 Å². The number of benzene rings is 2. The lowest BCUT2D eigenvalue weighted by atomic mass is 10.2. The third-order valence-corrected chi connectivity index (χ3v) is 4.47. The summed E-state index contributed by atoms with van der Waals surface area (Å²) in [6.45, 7) is 0. The average Bonchev–Trinajstić information content (AvgIpc) is 2.43. The number of halogens is 1. The molecule has 2 aliphatic rings. The molecule has 3 rings (SSSR count). The van der Waals surface area contributed by atoms with Gasteiger partial charge in [-0.2, -0.15) is 0 Å². The lowest BCUT2D eigenvalue weighted by Crippen LogP contribution is -3.00. The Labute approximate surface area is 134 Å². The molecule has 1 aromatic carbocycles. The van der Waals surface area contributed by atoms with E-state index in [1.165, 1.54) is 20.6 Å². The van der Waals surface area contributed by atoms with E-state index < -0.39 is 0 Å². The molecule has 1 heterocycles. The summed E-state index contributed by atoms with van der Waals surface area (Å²) in [5.41, 5.74) is 3.33. The van der Waals surface area contributed by atoms with Crippen LogP contribution >= 0.6 is 11.3 Å². The topological polar surface area (TPSA) is 19.1 Å². The highest BCUT2D eigenvalue weighted by Gasteiger charge is 2.09. The molecular formula is C16H18ClN3S. The fourth-order valence-corrected chi connectivity index (χ4v) is 3.19. The van der Waals surface area contributed by atoms with Crippen LogP contribution in [0.3, 0.4) is 0 Å². The van der Waals surface area contributed by atoms with Crippen LogP contribution < -0.4 is 27.2 Å². The number of fused-ring (bicyclic) bond motifs is 2. The van der Waals surface area contributed by atoms with Gasteiger partial charge in [-0.3, -0.25) is 0 Å². The van der Waals surface area contributed by atoms with Crippen LogP contribution in [0.15, 0.2) is 36.4 Å². The molecule has 0 N–H and O–H groups in total. The Hall–Kier alpha value is -1.65. The SMILES string of the molecule is [13CH3]N([13CH3])c1ccc2nc3ccc(=[N+]([13CH3])[13CH3])cc-3sc2c1.[Cl-]. The van der Waals surface area contributed by atoms with Crippen LogP contribution in [0.25, 0.3) is 20.8 Å². The van der Waals surface area contributed by atoms with Gasteiger partial charge in [0.15, 0.2) is 0 Å². The first-order valence-electron chi connectivity index (χ1n) is 6.57. The van der Waals surface area contributed by atoms with Gasteiger partial charge in [0.1, 0.15) is 14.1 Å². The maximum Gasteiger partial charge on any atom is 0.201 e. The predicted octanol–water partition coefficient (Wildman–Crippen LogP) is -0.497. The van der Waals surface area contributed by atoms with E-state index in [1.54, 1.807) is 11.3 Å². The molecule has 21 heavy (non-hydrogen) atoms. The molecular weight excluding hydrogens is 306 g/mol. The van der Waals surface area contributed by atoms with E-state index in [9.17, 15) is 0 Å². The van der Waals surface area contributed by atoms with E-state index in [0.717, 1.165) is 11.2 Å². The molecule has 0 unspecified atom stereocenters. The first-order chi connectivity index (χ1) is 9.54. The fourth-order valence-electron chi connectivity index (χ4n) is 2.16. The number of anilines is 1. The van der Waals surface area contributed by atoms with Crippen molar-refractivity contribution in [3.05, 3.63) is 41.8 Å². The van der Waals surface area contributed by atoms with E-state index in [-0.39, 0.29) is 12.4 Å². The molecule has 0 spiro atoms. The number of hydrogen-bond donors (Lipinski definition) is 0. The van der Waals surface area contributed by atoms with E-state index in [0.29, 0.717) is 0 Å². The van der Waals surface area contributed by atoms with Gasteiger partial charge in [-0.1, -0.05) is 0 Å². The minimum absolute atomic E-state index is 0. The van der Waals surface area contributed by atoms with Crippen molar-refractivity contribution in [2.75, 3.05) is 33.1 Å². The molecule has 0 saturated heterocycles. The third kappa shape index (κ3) is 3.01. The summed E-state index contributed by atoms with van der Waals surface area (Å²) in [4.78, 5) is 8.09. The summed E-state index contributed by atoms with van der Waals surface area (Å²) in [6, 6.07) is 12.8. The maximum atomic E-state index is 4.75. The van der Waals surface area contributed by atoms with Crippen molar-refractivity contribution < 1.29 is 12.4 Å². The monoisotopic (exact) mass is 323 g/mol. The van der Waals surface area contributed by atoms with Gasteiger partial charge in [-0.25, -0.2) is 9.56 Å². The highest BCUT2D eigenvalue weighted by molar-refractivity contribution is 7.21. The van der Waals surface area contributed by atoms with Crippen molar-refractivity contribution in [2.45, 2.75) is 0 Å². The zero-order valence-corrected chi connectivity index (χ0v) is 14.2. The van der Waals surface area contributed by atoms with Crippen molar-refractivity contribution in [3.63, 3.8) is 0 Å². The van der Waals surface area contributed by atoms with Crippen LogP contribution in [-0.4, -0.2) is 33.2 Å². The Balaban J connectivity index is 0.00000161. The standard InChI is InChI=1S/C16H18N3S.ClH/c1-18(2)11-5-7-13-15(9-11)20-16-10-12(19(3)4)6-8-14(16)17-13;/h5-10H,1-4H3;1H/q+1;/p-1/i1+1,2+1,3+1,4+1;. The molecule has 0 saturated carbocycles. The second-order valence-corrected chi connectivity index (χ2v) is 6.39. The smallest absolute Gasteiger partial charge is 0.201 e. The molecule has 0 radical (unpaired) electrons. The highest BCUT2D eigenvalue weighted by atomic mass is 35.5. The lowest BCUT2D eigenvalue weighted by molar-refractivity contribution is -0.00000410. The van der Waals surface area contributed by atoms with Crippen molar-refractivity contribution >= 4 is 27.2 Å². The van der Waals surface area contributed by atoms with Gasteiger partial charge >= 0.3 is 0 Å². The van der Waals surface area contributed by atoms with E-state index in [1.807, 2.05) is 0 Å². The molecule has 0 atom stereocenters. The van der Waals surface area contributed by atoms with E-state index >= 15 is 0 Å². The Bertz CT molecular complexity index is 819. The summed E-state index contributed by atoms with van der Waals surface area (Å²) >= 11 is 1.80. The largest absolute Gasteiger partial charge is 1.00 e. The molecule has 5 heteroatoms. The molecule has 1 aliphatic carbocycles. The van der Waals surface area contributed by atoms with Crippen LogP contribution in [-0.2, 0) is 0 Å². The minimum Gasteiger partial charge on any atom is -1.00 e. The van der Waals surface area contributed by atoms with Gasteiger partial charge in [0, 0.05) is 31.9 Å². The van der Waals surface area contributed by atoms with Gasteiger partial charge in [-0.15, -0.1) is 11.3 Å². The summed E-state index contributed by atoms with van der Waals surface area (Å²) in [7, 11) is 8.24. The third-order valence-electron chi connectivity index (χ3n) is 3.38. The quantitative estimate of drug-likeness (QED) is 0.342. The number of nitrogens with zero attached hydrogens (tertiary/aromatic N) is 3. The zero-order valence-electron chi connectivity index (χ0n) is 12.6. The lowest BCUT2D eigenvalue weighted by Gasteiger charge is -2.13. The molecule has 0 bridgehead atoms. The summed E-state index contributed by atoms with van der Waals surface area (Å²) < 4.78 is 3.34. The molecule has 1 aliphatic heterocycles. The van der Waals surface area contributed by atoms with Crippen LogP contribution in [0, 0.1) is 0 Å². The van der Waals surface area contributed by atoms with E-state index in [2.05, 4.69) is 74.1 Å². The molecule has 1 aromatic rings. The predicted molar refractivity (Wildman–Crippen MR) is 87.7 cm³/mol. The molecule has 0 amide bonds. The Morgan fingerprint density at radius 3 is 2.48 bits per heavy atom. The molecule has 0 aromatic heterocycles. The van der Waals surface area contributed by atoms with Gasteiger partial charge < -0.3 is 17.3 Å². The molecule has 0 fully saturated rings. The van der Waals surface area contributed by atoms with Gasteiger partial charge in [0.25, 0.3) is 0 Å². The average molecular weight is 324 g/mol. The second kappa shape index (κ2) is 6.00. The van der Waals surface area contributed by atoms with Crippen LogP contribution in [0.4, 0.5) is 5.69 Å². The first kappa shape index (κ1) is 15.7.